The van der Waals surface area contributed by atoms with Crippen molar-refractivity contribution in [3.63, 3.8) is 0 Å². The normalized spacial score (nSPS) is 17.9. The van der Waals surface area contributed by atoms with Crippen LogP contribution in [0.3, 0.4) is 0 Å². The summed E-state index contributed by atoms with van der Waals surface area (Å²) < 4.78 is 28.7. The minimum absolute atomic E-state index is 0.148. The van der Waals surface area contributed by atoms with Crippen molar-refractivity contribution in [1.29, 1.82) is 0 Å². The summed E-state index contributed by atoms with van der Waals surface area (Å²) in [4.78, 5) is 15.3. The summed E-state index contributed by atoms with van der Waals surface area (Å²) in [6.07, 6.45) is 5.00. The Labute approximate surface area is 166 Å². The molecule has 8 heteroatoms. The number of nitrogens with zero attached hydrogens (tertiary/aromatic N) is 6. The van der Waals surface area contributed by atoms with Crippen molar-refractivity contribution < 1.29 is 8.78 Å². The van der Waals surface area contributed by atoms with Gasteiger partial charge >= 0.3 is 0 Å². The average molecular weight is 394 g/mol. The maximum absolute atomic E-state index is 13.5. The maximum Gasteiger partial charge on any atom is 0.251 e. The van der Waals surface area contributed by atoms with Crippen molar-refractivity contribution in [1.82, 2.24) is 19.7 Å². The van der Waals surface area contributed by atoms with Crippen LogP contribution >= 0.6 is 0 Å². The first kappa shape index (κ1) is 17.9. The Morgan fingerprint density at radius 3 is 2.62 bits per heavy atom. The zero-order valence-electron chi connectivity index (χ0n) is 16.0. The molecule has 1 aromatic carbocycles. The lowest BCUT2D eigenvalue weighted by Gasteiger charge is -2.32. The molecule has 2 aliphatic rings. The molecule has 1 saturated heterocycles. The van der Waals surface area contributed by atoms with E-state index in [2.05, 4.69) is 33.3 Å². The second-order valence-electron chi connectivity index (χ2n) is 7.54. The molecule has 29 heavy (non-hydrogen) atoms. The Morgan fingerprint density at radius 1 is 1.03 bits per heavy atom. The number of aromatic nitrogens is 4. The molecule has 0 unspecified atom stereocenters. The first-order chi connectivity index (χ1) is 14.0. The Bertz CT molecular complexity index is 1090. The van der Waals surface area contributed by atoms with Gasteiger partial charge in [0, 0.05) is 56.4 Å². The molecule has 1 fully saturated rings. The van der Waals surface area contributed by atoms with E-state index in [1.165, 1.54) is 6.33 Å². The van der Waals surface area contributed by atoms with Gasteiger partial charge in [-0.3, -0.25) is 9.67 Å². The molecule has 0 saturated carbocycles. The molecule has 2 aromatic heterocycles. The number of rotatable bonds is 3. The van der Waals surface area contributed by atoms with Crippen molar-refractivity contribution >= 4 is 11.5 Å². The molecule has 4 heterocycles. The number of piperidine rings is 1. The standard InChI is InChI=1S/C21H20F2N6/c1-28-12-16(11-27-28)14-2-3-15-10-24-20(17(15)8-14)18-9-19(26-13-25-18)29-6-4-21(22,23)5-7-29/h2-3,8-9,11-13H,4-7,10H2,1H3. The second kappa shape index (κ2) is 6.72. The molecule has 0 aliphatic carbocycles. The van der Waals surface area contributed by atoms with Crippen LogP contribution in [0.25, 0.3) is 11.1 Å². The third kappa shape index (κ3) is 3.39. The number of aliphatic imine (C=N–C) groups is 1. The molecule has 2 aliphatic heterocycles. The lowest BCUT2D eigenvalue weighted by atomic mass is 9.98. The lowest BCUT2D eigenvalue weighted by molar-refractivity contribution is -0.0221. The highest BCUT2D eigenvalue weighted by molar-refractivity contribution is 6.14. The molecule has 0 N–H and O–H groups in total. The number of hydrogen-bond donors (Lipinski definition) is 0. The van der Waals surface area contributed by atoms with Gasteiger partial charge in [0.15, 0.2) is 0 Å². The zero-order valence-corrected chi connectivity index (χ0v) is 16.0. The van der Waals surface area contributed by atoms with E-state index in [0.717, 1.165) is 33.7 Å². The highest BCUT2D eigenvalue weighted by Crippen LogP contribution is 2.31. The van der Waals surface area contributed by atoms with E-state index in [0.29, 0.717) is 12.4 Å². The third-order valence-corrected chi connectivity index (χ3v) is 5.52. The van der Waals surface area contributed by atoms with Crippen molar-refractivity contribution in [3.05, 3.63) is 59.8 Å². The first-order valence-corrected chi connectivity index (χ1v) is 9.60. The summed E-state index contributed by atoms with van der Waals surface area (Å²) >= 11 is 0. The van der Waals surface area contributed by atoms with Gasteiger partial charge < -0.3 is 4.90 Å². The fraction of sp³-hybridized carbons (Fsp3) is 0.333. The van der Waals surface area contributed by atoms with Gasteiger partial charge in [-0.15, -0.1) is 0 Å². The molecular weight excluding hydrogens is 374 g/mol. The van der Waals surface area contributed by atoms with Gasteiger partial charge in [0.2, 0.25) is 0 Å². The monoisotopic (exact) mass is 394 g/mol. The minimum atomic E-state index is -2.58. The second-order valence-corrected chi connectivity index (χ2v) is 7.54. The number of benzene rings is 1. The minimum Gasteiger partial charge on any atom is -0.356 e. The Hall–Kier alpha value is -3.16. The van der Waals surface area contributed by atoms with E-state index in [4.69, 9.17) is 4.99 Å². The zero-order chi connectivity index (χ0) is 20.0. The molecule has 5 rings (SSSR count). The highest BCUT2D eigenvalue weighted by atomic mass is 19.3. The Morgan fingerprint density at radius 2 is 1.86 bits per heavy atom. The van der Waals surface area contributed by atoms with Crippen LogP contribution in [0.15, 0.2) is 48.0 Å². The van der Waals surface area contributed by atoms with Gasteiger partial charge in [-0.05, 0) is 17.2 Å². The van der Waals surface area contributed by atoms with Gasteiger partial charge in [-0.25, -0.2) is 18.7 Å². The molecule has 0 radical (unpaired) electrons. The summed E-state index contributed by atoms with van der Waals surface area (Å²) in [5.41, 5.74) is 5.83. The predicted molar refractivity (Wildman–Crippen MR) is 106 cm³/mol. The quantitative estimate of drug-likeness (QED) is 0.683. The van der Waals surface area contributed by atoms with Crippen molar-refractivity contribution in [2.45, 2.75) is 25.3 Å². The van der Waals surface area contributed by atoms with E-state index in [-0.39, 0.29) is 25.9 Å². The van der Waals surface area contributed by atoms with E-state index in [9.17, 15) is 8.78 Å². The summed E-state index contributed by atoms with van der Waals surface area (Å²) in [5.74, 6) is -1.91. The SMILES string of the molecule is Cn1cc(-c2ccc3c(c2)C(c2cc(N4CCC(F)(F)CC4)ncn2)=NC3)cn1. The molecule has 0 atom stereocenters. The van der Waals surface area contributed by atoms with Crippen LogP contribution in [0.2, 0.25) is 0 Å². The molecule has 3 aromatic rings. The van der Waals surface area contributed by atoms with Crippen molar-refractivity contribution in [3.8, 4) is 11.1 Å². The lowest BCUT2D eigenvalue weighted by Crippen LogP contribution is -2.39. The molecule has 0 bridgehead atoms. The summed E-state index contributed by atoms with van der Waals surface area (Å²) in [6, 6.07) is 8.13. The van der Waals surface area contributed by atoms with E-state index in [1.807, 2.05) is 30.4 Å². The summed E-state index contributed by atoms with van der Waals surface area (Å²) in [6.45, 7) is 1.18. The van der Waals surface area contributed by atoms with Crippen LogP contribution in [0.1, 0.15) is 29.7 Å². The van der Waals surface area contributed by atoms with E-state index < -0.39 is 5.92 Å². The number of halogens is 2. The largest absolute Gasteiger partial charge is 0.356 e. The predicted octanol–water partition coefficient (Wildman–Crippen LogP) is 3.46. The topological polar surface area (TPSA) is 59.2 Å². The third-order valence-electron chi connectivity index (χ3n) is 5.52. The molecule has 6 nitrogen and oxygen atoms in total. The first-order valence-electron chi connectivity index (χ1n) is 9.60. The van der Waals surface area contributed by atoms with E-state index >= 15 is 0 Å². The number of anilines is 1. The van der Waals surface area contributed by atoms with E-state index in [1.54, 1.807) is 4.68 Å². The fourth-order valence-corrected chi connectivity index (χ4v) is 3.87. The molecular formula is C21H20F2N6. The molecule has 0 amide bonds. The number of aryl methyl sites for hydroxylation is 1. The maximum atomic E-state index is 13.5. The van der Waals surface area contributed by atoms with Crippen LogP contribution in [-0.4, -0.2) is 44.5 Å². The van der Waals surface area contributed by atoms with Crippen LogP contribution in [0.5, 0.6) is 0 Å². The number of fused-ring (bicyclic) bond motifs is 1. The average Bonchev–Trinajstić information content (AvgIpc) is 3.34. The van der Waals surface area contributed by atoms with Crippen LogP contribution in [-0.2, 0) is 13.6 Å². The van der Waals surface area contributed by atoms with Gasteiger partial charge in [-0.2, -0.15) is 5.10 Å². The van der Waals surface area contributed by atoms with Gasteiger partial charge in [-0.1, -0.05) is 12.1 Å². The molecule has 0 spiro atoms. The fourth-order valence-electron chi connectivity index (χ4n) is 3.87. The van der Waals surface area contributed by atoms with Gasteiger partial charge in [0.25, 0.3) is 5.92 Å². The highest BCUT2D eigenvalue weighted by Gasteiger charge is 2.34. The van der Waals surface area contributed by atoms with Crippen molar-refractivity contribution in [2.75, 3.05) is 18.0 Å². The van der Waals surface area contributed by atoms with Gasteiger partial charge in [0.1, 0.15) is 12.1 Å². The smallest absolute Gasteiger partial charge is 0.251 e. The summed E-state index contributed by atoms with van der Waals surface area (Å²) in [7, 11) is 1.89. The Kier molecular flexibility index (Phi) is 4.15. The summed E-state index contributed by atoms with van der Waals surface area (Å²) in [5, 5.41) is 4.24. The van der Waals surface area contributed by atoms with Crippen LogP contribution in [0, 0.1) is 0 Å². The van der Waals surface area contributed by atoms with Gasteiger partial charge in [0.05, 0.1) is 24.1 Å². The molecule has 148 valence electrons. The van der Waals surface area contributed by atoms with Crippen LogP contribution in [0.4, 0.5) is 14.6 Å². The Balaban J connectivity index is 1.45. The van der Waals surface area contributed by atoms with Crippen molar-refractivity contribution in [2.24, 2.45) is 12.0 Å². The van der Waals surface area contributed by atoms with Crippen LogP contribution < -0.4 is 4.90 Å². The number of alkyl halides is 2. The number of hydrogen-bond acceptors (Lipinski definition) is 5.